The predicted molar refractivity (Wildman–Crippen MR) is 66.8 cm³/mol. The number of urea groups is 1. The van der Waals surface area contributed by atoms with Crippen LogP contribution in [-0.4, -0.2) is 41.9 Å². The summed E-state index contributed by atoms with van der Waals surface area (Å²) in [6.07, 6.45) is 1.83. The molecule has 0 aliphatic carbocycles. The highest BCUT2D eigenvalue weighted by atomic mass is 28.4. The number of carbonyl (C=O) groups excluding carboxylic acids is 1. The largest absolute Gasteiger partial charge is 0.398 e. The molecule has 0 aromatic rings. The first kappa shape index (κ1) is 15.4. The lowest BCUT2D eigenvalue weighted by Gasteiger charge is -2.22. The van der Waals surface area contributed by atoms with Gasteiger partial charge >= 0.3 is 14.6 Å². The maximum absolute atomic E-state index is 11.2. The van der Waals surface area contributed by atoms with Gasteiger partial charge in [-0.1, -0.05) is 6.92 Å². The maximum Gasteiger partial charge on any atom is 0.334 e. The minimum atomic E-state index is -1.97. The molecule has 0 fully saturated rings. The monoisotopic (exact) mass is 248 g/mol. The van der Waals surface area contributed by atoms with E-state index in [1.54, 1.807) is 14.2 Å². The fraction of sp³-hybridized carbons (Fsp3) is 0.900. The normalized spacial score (nSPS) is 11.2. The summed E-state index contributed by atoms with van der Waals surface area (Å²) in [6, 6.07) is 0.786. The van der Waals surface area contributed by atoms with Crippen molar-refractivity contribution < 1.29 is 13.6 Å². The van der Waals surface area contributed by atoms with Gasteiger partial charge in [0, 0.05) is 27.3 Å². The zero-order chi connectivity index (χ0) is 12.4. The number of rotatable bonds is 8. The molecule has 0 rings (SSSR count). The van der Waals surface area contributed by atoms with Crippen LogP contribution in [0.25, 0.3) is 0 Å². The van der Waals surface area contributed by atoms with E-state index in [4.69, 9.17) is 8.85 Å². The summed E-state index contributed by atoms with van der Waals surface area (Å²) in [5, 5.41) is 5.56. The molecule has 6 heteroatoms. The van der Waals surface area contributed by atoms with E-state index in [-0.39, 0.29) is 6.03 Å². The lowest BCUT2D eigenvalue weighted by Crippen LogP contribution is -2.39. The molecule has 0 saturated carbocycles. The van der Waals surface area contributed by atoms with Gasteiger partial charge < -0.3 is 19.5 Å². The number of hydrogen-bond acceptors (Lipinski definition) is 3. The number of nitrogens with one attached hydrogen (secondary N) is 2. The fourth-order valence-corrected chi connectivity index (χ4v) is 2.59. The Bertz CT molecular complexity index is 199. The van der Waals surface area contributed by atoms with Gasteiger partial charge in [-0.05, 0) is 25.4 Å². The van der Waals surface area contributed by atoms with Crippen molar-refractivity contribution in [2.45, 2.75) is 32.4 Å². The van der Waals surface area contributed by atoms with Crippen LogP contribution in [0.3, 0.4) is 0 Å². The molecule has 0 atom stereocenters. The minimum absolute atomic E-state index is 0.0972. The molecule has 0 aliphatic rings. The van der Waals surface area contributed by atoms with Crippen molar-refractivity contribution >= 4 is 14.6 Å². The molecule has 0 aliphatic heterocycles. The van der Waals surface area contributed by atoms with Crippen LogP contribution < -0.4 is 10.6 Å². The molecule has 0 aromatic carbocycles. The minimum Gasteiger partial charge on any atom is -0.398 e. The Morgan fingerprint density at radius 1 is 1.19 bits per heavy atom. The zero-order valence-corrected chi connectivity index (χ0v) is 11.8. The van der Waals surface area contributed by atoms with Gasteiger partial charge in [0.2, 0.25) is 0 Å². The lowest BCUT2D eigenvalue weighted by molar-refractivity contribution is 0.238. The van der Waals surface area contributed by atoms with Gasteiger partial charge in [0.05, 0.1) is 0 Å². The molecule has 2 amide bonds. The van der Waals surface area contributed by atoms with Crippen LogP contribution in [0.15, 0.2) is 0 Å². The van der Waals surface area contributed by atoms with Crippen LogP contribution in [0, 0.1) is 0 Å². The van der Waals surface area contributed by atoms with E-state index in [9.17, 15) is 4.79 Å². The second-order valence-electron chi connectivity index (χ2n) is 3.83. The summed E-state index contributed by atoms with van der Waals surface area (Å²) < 4.78 is 10.7. The van der Waals surface area contributed by atoms with Gasteiger partial charge in [0.1, 0.15) is 0 Å². The summed E-state index contributed by atoms with van der Waals surface area (Å²) in [6.45, 7) is 5.41. The number of carbonyl (C=O) groups is 1. The summed E-state index contributed by atoms with van der Waals surface area (Å²) in [5.74, 6) is 0. The highest BCUT2D eigenvalue weighted by molar-refractivity contribution is 6.65. The summed E-state index contributed by atoms with van der Waals surface area (Å²) >= 11 is 0. The van der Waals surface area contributed by atoms with E-state index >= 15 is 0 Å². The van der Waals surface area contributed by atoms with Gasteiger partial charge in [-0.15, -0.1) is 0 Å². The Hall–Kier alpha value is -0.593. The van der Waals surface area contributed by atoms with E-state index in [0.717, 1.165) is 18.9 Å². The van der Waals surface area contributed by atoms with E-state index in [1.165, 1.54) is 0 Å². The first-order valence-electron chi connectivity index (χ1n) is 5.70. The van der Waals surface area contributed by atoms with Gasteiger partial charge in [-0.25, -0.2) is 4.79 Å². The molecule has 2 N–H and O–H groups in total. The third-order valence-corrected chi connectivity index (χ3v) is 5.48. The van der Waals surface area contributed by atoms with Gasteiger partial charge in [-0.2, -0.15) is 0 Å². The van der Waals surface area contributed by atoms with E-state index in [2.05, 4.69) is 10.6 Å². The maximum atomic E-state index is 11.2. The van der Waals surface area contributed by atoms with Gasteiger partial charge in [-0.3, -0.25) is 0 Å². The van der Waals surface area contributed by atoms with E-state index in [1.807, 2.05) is 13.5 Å². The Morgan fingerprint density at radius 2 is 1.75 bits per heavy atom. The summed E-state index contributed by atoms with van der Waals surface area (Å²) in [4.78, 5) is 11.2. The Labute approximate surface area is 99.1 Å². The van der Waals surface area contributed by atoms with Crippen LogP contribution in [0.1, 0.15) is 19.8 Å². The first-order valence-corrected chi connectivity index (χ1v) is 8.22. The average molecular weight is 248 g/mol. The molecule has 0 saturated heterocycles. The molecular weight excluding hydrogens is 224 g/mol. The molecule has 96 valence electrons. The molecule has 0 unspecified atom stereocenters. The van der Waals surface area contributed by atoms with Crippen LogP contribution in [-0.2, 0) is 8.85 Å². The van der Waals surface area contributed by atoms with Crippen molar-refractivity contribution in [3.8, 4) is 0 Å². The number of hydrogen-bond donors (Lipinski definition) is 2. The third-order valence-electron chi connectivity index (χ3n) is 2.49. The Balaban J connectivity index is 3.55. The molecule has 0 bridgehead atoms. The van der Waals surface area contributed by atoms with Crippen molar-refractivity contribution in [3.05, 3.63) is 0 Å². The average Bonchev–Trinajstić information content (AvgIpc) is 2.31. The quantitative estimate of drug-likeness (QED) is 0.505. The van der Waals surface area contributed by atoms with Gasteiger partial charge in [0.25, 0.3) is 0 Å². The van der Waals surface area contributed by atoms with E-state index in [0.29, 0.717) is 13.1 Å². The van der Waals surface area contributed by atoms with Crippen LogP contribution in [0.4, 0.5) is 4.79 Å². The summed E-state index contributed by atoms with van der Waals surface area (Å²) in [7, 11) is 1.39. The fourth-order valence-electron chi connectivity index (χ4n) is 1.20. The second-order valence-corrected chi connectivity index (χ2v) is 7.41. The first-order chi connectivity index (χ1) is 7.58. The highest BCUT2D eigenvalue weighted by Gasteiger charge is 2.27. The summed E-state index contributed by atoms with van der Waals surface area (Å²) in [5.41, 5.74) is 0. The molecule has 0 radical (unpaired) electrons. The van der Waals surface area contributed by atoms with Crippen molar-refractivity contribution in [3.63, 3.8) is 0 Å². The van der Waals surface area contributed by atoms with Crippen LogP contribution >= 0.6 is 0 Å². The molecule has 0 aromatic heterocycles. The Morgan fingerprint density at radius 3 is 2.25 bits per heavy atom. The lowest BCUT2D eigenvalue weighted by atomic mass is 10.5. The molecular formula is C10H24N2O3Si. The smallest absolute Gasteiger partial charge is 0.334 e. The molecule has 16 heavy (non-hydrogen) atoms. The zero-order valence-electron chi connectivity index (χ0n) is 10.8. The molecule has 5 nitrogen and oxygen atoms in total. The SMILES string of the molecule is CCCNC(=O)NCCC[Si](C)(OC)OC. The van der Waals surface area contributed by atoms with Crippen molar-refractivity contribution in [2.24, 2.45) is 0 Å². The Kier molecular flexibility index (Phi) is 8.23. The predicted octanol–water partition coefficient (Wildman–Crippen LogP) is 1.45. The van der Waals surface area contributed by atoms with Crippen molar-refractivity contribution in [2.75, 3.05) is 27.3 Å². The van der Waals surface area contributed by atoms with Crippen LogP contribution in [0.2, 0.25) is 12.6 Å². The third kappa shape index (κ3) is 6.81. The number of amides is 2. The standard InChI is InChI=1S/C10H24N2O3Si/c1-5-7-11-10(13)12-8-6-9-16(4,14-2)15-3/h5-9H2,1-4H3,(H2,11,12,13). The van der Waals surface area contributed by atoms with Crippen molar-refractivity contribution in [1.82, 2.24) is 10.6 Å². The molecule has 0 heterocycles. The molecule has 0 spiro atoms. The highest BCUT2D eigenvalue weighted by Crippen LogP contribution is 2.12. The van der Waals surface area contributed by atoms with Gasteiger partial charge in [0.15, 0.2) is 0 Å². The second kappa shape index (κ2) is 8.55. The van der Waals surface area contributed by atoms with E-state index < -0.39 is 8.56 Å². The topological polar surface area (TPSA) is 59.6 Å². The van der Waals surface area contributed by atoms with Crippen molar-refractivity contribution in [1.29, 1.82) is 0 Å². The van der Waals surface area contributed by atoms with Crippen LogP contribution in [0.5, 0.6) is 0 Å².